The molecule has 0 N–H and O–H groups in total. The van der Waals surface area contributed by atoms with Gasteiger partial charge in [-0.05, 0) is 84.7 Å². The zero-order chi connectivity index (χ0) is 20.4. The van der Waals surface area contributed by atoms with Crippen LogP contribution in [0.25, 0.3) is 23.1 Å². The average Bonchev–Trinajstić information content (AvgIpc) is 3.24. The number of hydrogen-bond donors (Lipinski definition) is 0. The van der Waals surface area contributed by atoms with E-state index < -0.39 is 5.82 Å². The van der Waals surface area contributed by atoms with Crippen LogP contribution >= 0.6 is 22.6 Å². The first-order valence-corrected chi connectivity index (χ1v) is 10.6. The number of para-hydroxylation sites is 1. The van der Waals surface area contributed by atoms with Gasteiger partial charge in [0.05, 0.1) is 18.6 Å². The van der Waals surface area contributed by atoms with Crippen molar-refractivity contribution in [2.75, 3.05) is 7.11 Å². The summed E-state index contributed by atoms with van der Waals surface area (Å²) < 4.78 is 31.5. The van der Waals surface area contributed by atoms with Gasteiger partial charge in [-0.25, -0.2) is 4.39 Å². The van der Waals surface area contributed by atoms with Crippen molar-refractivity contribution < 1.29 is 18.3 Å². The maximum Gasteiger partial charge on any atom is 0.206 e. The van der Waals surface area contributed by atoms with Crippen molar-refractivity contribution in [3.8, 4) is 11.5 Å². The molecule has 29 heavy (non-hydrogen) atoms. The molecule has 1 aliphatic carbocycles. The molecule has 1 heterocycles. The van der Waals surface area contributed by atoms with E-state index in [0.717, 1.165) is 18.4 Å². The van der Waals surface area contributed by atoms with Crippen molar-refractivity contribution in [2.45, 2.75) is 31.8 Å². The highest BCUT2D eigenvalue weighted by molar-refractivity contribution is 14.1. The molecule has 6 heteroatoms. The number of methoxy groups -OCH3 is 1. The molecule has 150 valence electrons. The van der Waals surface area contributed by atoms with Crippen LogP contribution in [0.2, 0.25) is 0 Å². The topological polar surface area (TPSA) is 48.7 Å². The van der Waals surface area contributed by atoms with E-state index in [1.807, 2.05) is 46.9 Å². The largest absolute Gasteiger partial charge is 0.493 e. The van der Waals surface area contributed by atoms with Crippen molar-refractivity contribution in [3.63, 3.8) is 0 Å². The fraction of sp³-hybridized carbons (Fsp3) is 0.261. The van der Waals surface area contributed by atoms with Crippen LogP contribution in [0.1, 0.15) is 37.0 Å². The molecule has 1 fully saturated rings. The van der Waals surface area contributed by atoms with Gasteiger partial charge in [0.15, 0.2) is 11.5 Å². The van der Waals surface area contributed by atoms with Crippen LogP contribution in [-0.4, -0.2) is 13.2 Å². The van der Waals surface area contributed by atoms with Gasteiger partial charge in [-0.1, -0.05) is 12.1 Å². The Balaban J connectivity index is 1.73. The van der Waals surface area contributed by atoms with Crippen molar-refractivity contribution in [3.05, 3.63) is 67.3 Å². The smallest absolute Gasteiger partial charge is 0.206 e. The van der Waals surface area contributed by atoms with Crippen LogP contribution in [0.3, 0.4) is 0 Å². The van der Waals surface area contributed by atoms with Gasteiger partial charge in [0.25, 0.3) is 0 Å². The van der Waals surface area contributed by atoms with Crippen molar-refractivity contribution in [2.24, 2.45) is 0 Å². The van der Waals surface area contributed by atoms with Crippen LogP contribution in [0.5, 0.6) is 11.5 Å². The summed E-state index contributed by atoms with van der Waals surface area (Å²) in [6.07, 6.45) is 8.19. The predicted octanol–water partition coefficient (Wildman–Crippen LogP) is 6.04. The van der Waals surface area contributed by atoms with Crippen molar-refractivity contribution in [1.29, 1.82) is 0 Å². The highest BCUT2D eigenvalue weighted by atomic mass is 127. The Morgan fingerprint density at radius 1 is 1.17 bits per heavy atom. The molecular weight excluding hydrogens is 486 g/mol. The SMILES string of the molecule is COc1cccc(C=Cc2oc3ccc(F)cc3c(=O)c2I)c1OC1CCCC1. The third-order valence-corrected chi connectivity index (χ3v) is 6.07. The average molecular weight is 506 g/mol. The summed E-state index contributed by atoms with van der Waals surface area (Å²) in [6.45, 7) is 0. The molecule has 0 radical (unpaired) electrons. The molecule has 3 aromatic rings. The number of fused-ring (bicyclic) bond motifs is 1. The van der Waals surface area contributed by atoms with E-state index in [9.17, 15) is 9.18 Å². The Hall–Kier alpha value is -2.35. The van der Waals surface area contributed by atoms with E-state index in [4.69, 9.17) is 13.9 Å². The first-order chi connectivity index (χ1) is 14.1. The molecule has 1 saturated carbocycles. The fourth-order valence-corrected chi connectivity index (χ4v) is 4.14. The number of ether oxygens (including phenoxy) is 2. The first-order valence-electron chi connectivity index (χ1n) is 9.50. The maximum atomic E-state index is 13.5. The van der Waals surface area contributed by atoms with Gasteiger partial charge >= 0.3 is 0 Å². The van der Waals surface area contributed by atoms with Gasteiger partial charge in [0, 0.05) is 5.56 Å². The van der Waals surface area contributed by atoms with Crippen molar-refractivity contribution >= 4 is 45.7 Å². The summed E-state index contributed by atoms with van der Waals surface area (Å²) >= 11 is 1.93. The van der Waals surface area contributed by atoms with E-state index in [-0.39, 0.29) is 16.9 Å². The Morgan fingerprint density at radius 3 is 2.72 bits per heavy atom. The van der Waals surface area contributed by atoms with Gasteiger partial charge in [0.2, 0.25) is 5.43 Å². The fourth-order valence-electron chi connectivity index (χ4n) is 3.56. The van der Waals surface area contributed by atoms with Gasteiger partial charge in [-0.15, -0.1) is 0 Å². The lowest BCUT2D eigenvalue weighted by atomic mass is 10.1. The van der Waals surface area contributed by atoms with E-state index in [1.54, 1.807) is 13.2 Å². The molecule has 1 aromatic heterocycles. The molecule has 1 aliphatic rings. The van der Waals surface area contributed by atoms with Crippen LogP contribution in [0.15, 0.2) is 45.6 Å². The maximum absolute atomic E-state index is 13.5. The molecule has 4 nitrogen and oxygen atoms in total. The number of benzene rings is 2. The molecule has 0 saturated heterocycles. The second-order valence-corrected chi connectivity index (χ2v) is 8.06. The zero-order valence-electron chi connectivity index (χ0n) is 15.9. The summed E-state index contributed by atoms with van der Waals surface area (Å²) in [7, 11) is 1.62. The summed E-state index contributed by atoms with van der Waals surface area (Å²) in [5.74, 6) is 1.32. The molecule has 0 bridgehead atoms. The standard InChI is InChI=1S/C23H20FIO4/c1-27-20-8-4-5-14(23(20)28-16-6-2-3-7-16)9-11-19-21(25)22(26)17-13-15(24)10-12-18(17)29-19/h4-5,8-13,16H,2-3,6-7H2,1H3. The minimum atomic E-state index is -0.464. The number of halogens is 2. The lowest BCUT2D eigenvalue weighted by molar-refractivity contribution is 0.200. The zero-order valence-corrected chi connectivity index (χ0v) is 18.1. The molecule has 0 spiro atoms. The monoisotopic (exact) mass is 506 g/mol. The van der Waals surface area contributed by atoms with Crippen LogP contribution in [-0.2, 0) is 0 Å². The third-order valence-electron chi connectivity index (χ3n) is 5.05. The Morgan fingerprint density at radius 2 is 1.97 bits per heavy atom. The lowest BCUT2D eigenvalue weighted by Gasteiger charge is -2.18. The second kappa shape index (κ2) is 8.57. The van der Waals surface area contributed by atoms with Gasteiger partial charge < -0.3 is 13.9 Å². The normalized spacial score (nSPS) is 14.7. The third kappa shape index (κ3) is 4.17. The predicted molar refractivity (Wildman–Crippen MR) is 120 cm³/mol. The van der Waals surface area contributed by atoms with E-state index in [0.29, 0.717) is 26.4 Å². The quantitative estimate of drug-likeness (QED) is 0.396. The van der Waals surface area contributed by atoms with E-state index in [1.165, 1.54) is 31.0 Å². The molecule has 0 unspecified atom stereocenters. The highest BCUT2D eigenvalue weighted by Crippen LogP contribution is 2.36. The summed E-state index contributed by atoms with van der Waals surface area (Å²) in [4.78, 5) is 12.6. The minimum absolute atomic E-state index is 0.187. The number of rotatable bonds is 5. The van der Waals surface area contributed by atoms with Crippen LogP contribution < -0.4 is 14.9 Å². The van der Waals surface area contributed by atoms with E-state index >= 15 is 0 Å². The van der Waals surface area contributed by atoms with Gasteiger partial charge in [-0.2, -0.15) is 0 Å². The van der Waals surface area contributed by atoms with Crippen LogP contribution in [0.4, 0.5) is 4.39 Å². The van der Waals surface area contributed by atoms with Gasteiger partial charge in [0.1, 0.15) is 20.7 Å². The number of hydrogen-bond acceptors (Lipinski definition) is 4. The highest BCUT2D eigenvalue weighted by Gasteiger charge is 2.20. The lowest BCUT2D eigenvalue weighted by Crippen LogP contribution is -2.12. The molecule has 0 atom stereocenters. The Bertz CT molecular complexity index is 1130. The van der Waals surface area contributed by atoms with Crippen LogP contribution in [0, 0.1) is 9.39 Å². The second-order valence-electron chi connectivity index (χ2n) is 6.99. The van der Waals surface area contributed by atoms with Gasteiger partial charge in [-0.3, -0.25) is 4.79 Å². The molecule has 0 amide bonds. The van der Waals surface area contributed by atoms with E-state index in [2.05, 4.69) is 0 Å². The minimum Gasteiger partial charge on any atom is -0.493 e. The first kappa shape index (κ1) is 19.9. The molecule has 4 rings (SSSR count). The summed E-state index contributed by atoms with van der Waals surface area (Å²) in [5.41, 5.74) is 0.942. The summed E-state index contributed by atoms with van der Waals surface area (Å²) in [5, 5.41) is 0.234. The Kier molecular flexibility index (Phi) is 5.89. The summed E-state index contributed by atoms with van der Waals surface area (Å²) in [6, 6.07) is 9.65. The molecule has 0 aliphatic heterocycles. The Labute approximate surface area is 181 Å². The molecular formula is C23H20FIO4. The molecule has 2 aromatic carbocycles. The van der Waals surface area contributed by atoms with Crippen molar-refractivity contribution in [1.82, 2.24) is 0 Å².